The highest BCUT2D eigenvalue weighted by molar-refractivity contribution is 6.12. The lowest BCUT2D eigenvalue weighted by molar-refractivity contribution is -0.660. The van der Waals surface area contributed by atoms with Crippen molar-refractivity contribution < 1.29 is 42.8 Å². The second kappa shape index (κ2) is 29.1. The van der Waals surface area contributed by atoms with Gasteiger partial charge in [-0.1, -0.05) is 111 Å². The molecule has 0 bridgehead atoms. The summed E-state index contributed by atoms with van der Waals surface area (Å²) >= 11 is 0. The van der Waals surface area contributed by atoms with Crippen molar-refractivity contribution in [2.75, 3.05) is 0 Å². The van der Waals surface area contributed by atoms with Gasteiger partial charge in [0, 0.05) is 121 Å². The molecule has 1 atom stereocenters. The Morgan fingerprint density at radius 3 is 0.990 bits per heavy atom. The Bertz CT molecular complexity index is 6110. The maximum absolute atomic E-state index is 8.26. The predicted molar refractivity (Wildman–Crippen MR) is 416 cm³/mol. The molecule has 12 aromatic heterocycles. The van der Waals surface area contributed by atoms with Crippen LogP contribution >= 0.6 is 0 Å². The van der Waals surface area contributed by atoms with Crippen LogP contribution in [-0.2, 0) is 66.7 Å². The van der Waals surface area contributed by atoms with E-state index in [1.165, 1.54) is 57.3 Å². The van der Waals surface area contributed by atoms with Crippen LogP contribution in [0.3, 0.4) is 0 Å². The van der Waals surface area contributed by atoms with Crippen molar-refractivity contribution >= 4 is 88.3 Å². The molecule has 12 heterocycles. The van der Waals surface area contributed by atoms with Crippen LogP contribution in [0.2, 0.25) is 0 Å². The molecule has 0 spiro atoms. The Kier molecular flexibility index (Phi) is 18.1. The average Bonchev–Trinajstić information content (AvgIpc) is 1.63. The molecule has 12 nitrogen and oxygen atoms in total. The van der Waals surface area contributed by atoms with Gasteiger partial charge in [0.1, 0.15) is 28.2 Å². The van der Waals surface area contributed by atoms with E-state index in [0.717, 1.165) is 154 Å². The summed E-state index contributed by atoms with van der Waals surface area (Å²) in [5, 5.41) is 8.33. The second-order valence-electron chi connectivity index (χ2n) is 27.5. The van der Waals surface area contributed by atoms with E-state index in [4.69, 9.17) is 24.5 Å². The van der Waals surface area contributed by atoms with Crippen LogP contribution in [0, 0.1) is 40.5 Å². The fourth-order valence-electron chi connectivity index (χ4n) is 13.9. The van der Waals surface area contributed by atoms with Gasteiger partial charge < -0.3 is 17.7 Å². The highest BCUT2D eigenvalue weighted by Gasteiger charge is 2.27. The summed E-state index contributed by atoms with van der Waals surface area (Å²) < 4.78 is 72.9. The number of hydrogen-bond acceptors (Lipinski definition) is 8. The molecule has 0 N–H and O–H groups in total. The molecule has 12 heteroatoms. The maximum atomic E-state index is 8.26. The van der Waals surface area contributed by atoms with E-state index < -0.39 is 18.6 Å². The summed E-state index contributed by atoms with van der Waals surface area (Å²) in [5.74, 6) is -2.37. The second-order valence-corrected chi connectivity index (χ2v) is 27.5. The van der Waals surface area contributed by atoms with E-state index in [0.29, 0.717) is 28.5 Å². The maximum Gasteiger partial charge on any atom is 0.227 e. The molecule has 16 rings (SSSR count). The van der Waals surface area contributed by atoms with E-state index >= 15 is 0 Å². The monoisotopic (exact) mass is 1360 g/mol. The summed E-state index contributed by atoms with van der Waals surface area (Å²) in [5.41, 5.74) is 28.2. The van der Waals surface area contributed by atoms with Crippen LogP contribution in [0.1, 0.15) is 142 Å². The Morgan fingerprint density at radius 2 is 0.657 bits per heavy atom. The minimum atomic E-state index is -2.39. The standard InChI is InChI=1S/C24H27N2O.C23H25N2O.C22H23N2O.C21H21N2O/c1-6-17-11-12-26(5)21(14-17)22-16(4)7-9-19-20-10-8-18(13-15(2)3)25-24(20)27-23(19)22;1-6-16-11-12-25(5)20(13-16)21-15(4)7-8-17-18-9-10-19(14(2)3)24-23(18)26-22(17)21;1-5-15-11-12-24(4)19(13-15)20-14(3)7-9-17-18-10-8-16(6-2)23-22(18)25-21(17)20;1-5-15-10-11-23(4)18(12-15)19-13(2)6-8-16-17-9-7-14(3)22-21(17)24-20(16)19/h7-12,14-15H,6,13H2,1-5H3;7-14H,6H2,1-5H3;7-13H,5-6H2,1-4H3;6-12H,5H2,1-4H3/q4*+1/i2D3,15D;14D;;. The van der Waals surface area contributed by atoms with Crippen molar-refractivity contribution in [3.05, 3.63) is 238 Å². The van der Waals surface area contributed by atoms with Crippen molar-refractivity contribution in [1.29, 1.82) is 0 Å². The number of fused-ring (bicyclic) bond motifs is 12. The van der Waals surface area contributed by atoms with Gasteiger partial charge in [0.25, 0.3) is 0 Å². The molecule has 0 amide bonds. The first kappa shape index (κ1) is 63.5. The topological polar surface area (TPSA) is 120 Å². The number of aryl methyl sites for hydroxylation is 14. The van der Waals surface area contributed by atoms with E-state index in [9.17, 15) is 0 Å². The molecule has 0 saturated heterocycles. The van der Waals surface area contributed by atoms with E-state index in [-0.39, 0.29) is 6.42 Å². The predicted octanol–water partition coefficient (Wildman–Crippen LogP) is 20.6. The first-order valence-electron chi connectivity index (χ1n) is 38.2. The van der Waals surface area contributed by atoms with Crippen molar-refractivity contribution in [1.82, 2.24) is 19.9 Å². The first-order chi connectivity index (χ1) is 51.0. The molecule has 16 aromatic rings. The molecule has 1 unspecified atom stereocenters. The molecule has 516 valence electrons. The van der Waals surface area contributed by atoms with Crippen LogP contribution in [0.4, 0.5) is 0 Å². The minimum Gasteiger partial charge on any atom is -0.437 e. The number of pyridine rings is 8. The molecule has 0 radical (unpaired) electrons. The number of rotatable bonds is 12. The number of hydrogen-bond donors (Lipinski definition) is 0. The summed E-state index contributed by atoms with van der Waals surface area (Å²) in [4.78, 5) is 18.5. The van der Waals surface area contributed by atoms with Gasteiger partial charge in [-0.25, -0.2) is 38.2 Å². The van der Waals surface area contributed by atoms with Gasteiger partial charge >= 0.3 is 0 Å². The van der Waals surface area contributed by atoms with Gasteiger partial charge in [0.15, 0.2) is 47.1 Å². The van der Waals surface area contributed by atoms with Gasteiger partial charge in [-0.15, -0.1) is 0 Å². The van der Waals surface area contributed by atoms with E-state index in [1.54, 1.807) is 6.07 Å². The SMILES string of the molecule is CCc1cc[n+](C)c(-c2c(C)ccc3c2oc2nc(C)ccc23)c1.CCc1cc[n+](C)c(-c2c(C)ccc3c2oc2nc(CC)ccc23)c1.[2H]C(C)(C)c1ccc2c(n1)oc1c(-c3cc(CC)cc[n+]3C)c(C)ccc12.[2H]C([2H])([2H])C([2H])(C)Cc1ccc2c(n1)oc1c(-c3cc(CC)cc[n+]3C)c(C)ccc12. The van der Waals surface area contributed by atoms with Crippen molar-refractivity contribution in [3.8, 4) is 45.0 Å². The fourth-order valence-corrected chi connectivity index (χ4v) is 13.9. The lowest BCUT2D eigenvalue weighted by Crippen LogP contribution is -2.30. The molecule has 0 aliphatic rings. The molecular weight excluding hydrogens is 1260 g/mol. The Hall–Kier alpha value is -10.7. The van der Waals surface area contributed by atoms with Crippen molar-refractivity contribution in [3.63, 3.8) is 0 Å². The molecule has 0 aliphatic heterocycles. The third-order valence-electron chi connectivity index (χ3n) is 20.0. The Balaban J connectivity index is 0.000000127. The molecule has 0 aliphatic carbocycles. The fraction of sp³-hybridized carbons (Fsp3) is 0.289. The number of nitrogens with zero attached hydrogens (tertiary/aromatic N) is 8. The Labute approximate surface area is 606 Å². The van der Waals surface area contributed by atoms with Crippen LogP contribution in [0.25, 0.3) is 133 Å². The van der Waals surface area contributed by atoms with Gasteiger partial charge in [0.2, 0.25) is 45.6 Å². The molecule has 0 saturated carbocycles. The summed E-state index contributed by atoms with van der Waals surface area (Å²) in [6, 6.07) is 50.6. The van der Waals surface area contributed by atoms with Crippen LogP contribution in [0.15, 0.2) is 188 Å². The largest absolute Gasteiger partial charge is 0.437 e. The highest BCUT2D eigenvalue weighted by Crippen LogP contribution is 2.42. The van der Waals surface area contributed by atoms with Gasteiger partial charge in [0.05, 0.1) is 22.3 Å². The highest BCUT2D eigenvalue weighted by atomic mass is 16.4. The summed E-state index contributed by atoms with van der Waals surface area (Å²) in [7, 11) is 8.26. The zero-order chi connectivity index (χ0) is 76.3. The smallest absolute Gasteiger partial charge is 0.227 e. The summed E-state index contributed by atoms with van der Waals surface area (Å²) in [6.45, 7) is 24.0. The lowest BCUT2D eigenvalue weighted by atomic mass is 9.99. The normalized spacial score (nSPS) is 13.2. The third-order valence-corrected chi connectivity index (χ3v) is 20.0. The lowest BCUT2D eigenvalue weighted by Gasteiger charge is -2.06. The number of benzene rings is 4. The zero-order valence-corrected chi connectivity index (χ0v) is 62.1. The van der Waals surface area contributed by atoms with Crippen LogP contribution in [-0.4, -0.2) is 19.9 Å². The quantitative estimate of drug-likeness (QED) is 0.111. The van der Waals surface area contributed by atoms with Gasteiger partial charge in [-0.05, 0) is 178 Å². The van der Waals surface area contributed by atoms with Gasteiger partial charge in [-0.3, -0.25) is 0 Å². The van der Waals surface area contributed by atoms with E-state index in [1.807, 2.05) is 58.2 Å². The van der Waals surface area contributed by atoms with Crippen molar-refractivity contribution in [2.24, 2.45) is 34.1 Å². The minimum absolute atomic E-state index is 0.0237. The average molecular weight is 1360 g/mol. The van der Waals surface area contributed by atoms with Crippen LogP contribution < -0.4 is 18.3 Å². The molecular formula is C90H96N8O4+4. The Morgan fingerprint density at radius 1 is 0.353 bits per heavy atom. The van der Waals surface area contributed by atoms with Crippen molar-refractivity contribution in [2.45, 2.75) is 141 Å². The molecule has 0 fully saturated rings. The number of furan rings is 4. The summed E-state index contributed by atoms with van der Waals surface area (Å²) in [6.07, 6.45) is 13.3. The van der Waals surface area contributed by atoms with Gasteiger partial charge in [-0.2, -0.15) is 0 Å². The van der Waals surface area contributed by atoms with Crippen LogP contribution in [0.5, 0.6) is 0 Å². The number of aromatic nitrogens is 8. The first-order valence-corrected chi connectivity index (χ1v) is 35.7. The zero-order valence-electron chi connectivity index (χ0n) is 67.1. The molecule has 102 heavy (non-hydrogen) atoms. The van der Waals surface area contributed by atoms with E-state index in [2.05, 4.69) is 256 Å². The molecule has 4 aromatic carbocycles. The third kappa shape index (κ3) is 13.5.